The number of cyclic esters (lactones) is 1. The Morgan fingerprint density at radius 2 is 2.09 bits per heavy atom. The van der Waals surface area contributed by atoms with Crippen LogP contribution in [0.5, 0.6) is 0 Å². The molecule has 1 aromatic carbocycles. The highest BCUT2D eigenvalue weighted by Crippen LogP contribution is 2.25. The van der Waals surface area contributed by atoms with Crippen molar-refractivity contribution in [3.05, 3.63) is 35.4 Å². The third-order valence-corrected chi connectivity index (χ3v) is 6.02. The first-order valence-electron chi connectivity index (χ1n) is 7.09. The largest absolute Gasteiger partial charge is 0.448 e. The number of ether oxygens (including phenoxy) is 1. The van der Waals surface area contributed by atoms with Crippen LogP contribution in [0.1, 0.15) is 29.3 Å². The van der Waals surface area contributed by atoms with E-state index in [9.17, 15) is 18.0 Å². The molecule has 1 fully saturated rings. The van der Waals surface area contributed by atoms with Crippen LogP contribution in [0, 0.1) is 0 Å². The van der Waals surface area contributed by atoms with Gasteiger partial charge in [0.25, 0.3) is 5.91 Å². The van der Waals surface area contributed by atoms with Gasteiger partial charge in [-0.3, -0.25) is 4.79 Å². The molecule has 1 amide bonds. The van der Waals surface area contributed by atoms with Gasteiger partial charge in [0.15, 0.2) is 15.9 Å². The Morgan fingerprint density at radius 3 is 2.77 bits per heavy atom. The van der Waals surface area contributed by atoms with E-state index in [4.69, 9.17) is 4.74 Å². The number of nitrogens with one attached hydrogen (secondary N) is 1. The number of benzene rings is 1. The smallest absolute Gasteiger partial charge is 0.339 e. The average molecular weight is 323 g/mol. The summed E-state index contributed by atoms with van der Waals surface area (Å²) in [5.74, 6) is -0.978. The molecule has 0 aliphatic carbocycles. The summed E-state index contributed by atoms with van der Waals surface area (Å²) >= 11 is 0. The number of sulfone groups is 1. The van der Waals surface area contributed by atoms with E-state index in [0.717, 1.165) is 5.56 Å². The predicted molar refractivity (Wildman–Crippen MR) is 79.2 cm³/mol. The fourth-order valence-corrected chi connectivity index (χ4v) is 5.06. The van der Waals surface area contributed by atoms with Crippen LogP contribution in [0.25, 0.3) is 0 Å². The Kier molecular flexibility index (Phi) is 3.47. The van der Waals surface area contributed by atoms with Crippen molar-refractivity contribution in [3.63, 3.8) is 0 Å². The zero-order valence-electron chi connectivity index (χ0n) is 12.2. The van der Waals surface area contributed by atoms with Gasteiger partial charge in [0, 0.05) is 6.42 Å². The van der Waals surface area contributed by atoms with Crippen molar-refractivity contribution in [1.29, 1.82) is 0 Å². The summed E-state index contributed by atoms with van der Waals surface area (Å²) in [4.78, 5) is 24.3. The van der Waals surface area contributed by atoms with Gasteiger partial charge in [-0.25, -0.2) is 13.2 Å². The fraction of sp³-hybridized carbons (Fsp3) is 0.467. The number of amides is 1. The van der Waals surface area contributed by atoms with Crippen LogP contribution in [0.15, 0.2) is 24.3 Å². The Balaban J connectivity index is 1.74. The standard InChI is InChI=1S/C15H17NO5S/c1-15(6-7-22(19,20)9-15)16-13(17)12-8-10-4-2-3-5-11(10)14(18)21-12/h2-5,12H,6-9H2,1H3,(H,16,17)/t12-,15-/m0/s1. The molecular formula is C15H17NO5S. The first kappa shape index (κ1) is 15.0. The van der Waals surface area contributed by atoms with Crippen molar-refractivity contribution in [1.82, 2.24) is 5.32 Å². The third kappa shape index (κ3) is 2.85. The molecule has 0 saturated carbocycles. The van der Waals surface area contributed by atoms with Gasteiger partial charge in [-0.1, -0.05) is 18.2 Å². The molecule has 6 nitrogen and oxygen atoms in total. The van der Waals surface area contributed by atoms with E-state index in [1.54, 1.807) is 31.2 Å². The molecule has 0 aromatic heterocycles. The topological polar surface area (TPSA) is 89.5 Å². The lowest BCUT2D eigenvalue weighted by molar-refractivity contribution is -0.131. The van der Waals surface area contributed by atoms with E-state index in [2.05, 4.69) is 5.32 Å². The lowest BCUT2D eigenvalue weighted by Crippen LogP contribution is -2.52. The number of rotatable bonds is 2. The fourth-order valence-electron chi connectivity index (χ4n) is 2.96. The lowest BCUT2D eigenvalue weighted by atomic mass is 9.96. The van der Waals surface area contributed by atoms with Crippen LogP contribution < -0.4 is 5.32 Å². The SMILES string of the molecule is C[C@]1(NC(=O)[C@@H]2Cc3ccccc3C(=O)O2)CCS(=O)(=O)C1. The summed E-state index contributed by atoms with van der Waals surface area (Å²) in [5, 5.41) is 2.74. The van der Waals surface area contributed by atoms with Gasteiger partial charge in [0.1, 0.15) is 0 Å². The molecule has 0 unspecified atom stereocenters. The zero-order valence-corrected chi connectivity index (χ0v) is 13.0. The minimum atomic E-state index is -3.11. The number of fused-ring (bicyclic) bond motifs is 1. The summed E-state index contributed by atoms with van der Waals surface area (Å²) in [6, 6.07) is 7.00. The van der Waals surface area contributed by atoms with Crippen LogP contribution in [0.2, 0.25) is 0 Å². The van der Waals surface area contributed by atoms with E-state index in [-0.39, 0.29) is 11.5 Å². The van der Waals surface area contributed by atoms with Crippen LogP contribution in [0.4, 0.5) is 0 Å². The first-order valence-corrected chi connectivity index (χ1v) is 8.92. The zero-order chi connectivity index (χ0) is 16.0. The van der Waals surface area contributed by atoms with Crippen molar-refractivity contribution in [2.24, 2.45) is 0 Å². The molecule has 0 radical (unpaired) electrons. The highest BCUT2D eigenvalue weighted by molar-refractivity contribution is 7.91. The van der Waals surface area contributed by atoms with Gasteiger partial charge in [0.05, 0.1) is 22.6 Å². The van der Waals surface area contributed by atoms with Gasteiger partial charge in [-0.2, -0.15) is 0 Å². The maximum Gasteiger partial charge on any atom is 0.339 e. The number of hydrogen-bond donors (Lipinski definition) is 1. The Labute approximate surface area is 128 Å². The molecule has 22 heavy (non-hydrogen) atoms. The van der Waals surface area contributed by atoms with E-state index in [1.807, 2.05) is 0 Å². The molecule has 0 spiro atoms. The molecule has 1 N–H and O–H groups in total. The Morgan fingerprint density at radius 1 is 1.36 bits per heavy atom. The highest BCUT2D eigenvalue weighted by atomic mass is 32.2. The Bertz CT molecular complexity index is 742. The molecule has 7 heteroatoms. The third-order valence-electron chi connectivity index (χ3n) is 4.11. The van der Waals surface area contributed by atoms with Crippen LogP contribution in [0.3, 0.4) is 0 Å². The van der Waals surface area contributed by atoms with Gasteiger partial charge < -0.3 is 10.1 Å². The molecule has 2 aliphatic rings. The summed E-state index contributed by atoms with van der Waals surface area (Å²) in [7, 11) is -3.11. The van der Waals surface area contributed by atoms with Gasteiger partial charge in [-0.05, 0) is 25.0 Å². The first-order chi connectivity index (χ1) is 10.3. The monoisotopic (exact) mass is 323 g/mol. The van der Waals surface area contributed by atoms with E-state index >= 15 is 0 Å². The molecule has 0 bridgehead atoms. The van der Waals surface area contributed by atoms with Crippen molar-refractivity contribution in [2.75, 3.05) is 11.5 Å². The molecule has 1 saturated heterocycles. The maximum absolute atomic E-state index is 12.3. The second-order valence-electron chi connectivity index (χ2n) is 6.15. The molecule has 2 atom stereocenters. The maximum atomic E-state index is 12.3. The van der Waals surface area contributed by atoms with Gasteiger partial charge >= 0.3 is 5.97 Å². The minimum Gasteiger partial charge on any atom is -0.448 e. The second kappa shape index (κ2) is 5.08. The summed E-state index contributed by atoms with van der Waals surface area (Å²) < 4.78 is 28.3. The number of hydrogen-bond acceptors (Lipinski definition) is 5. The summed E-state index contributed by atoms with van der Waals surface area (Å²) in [6.45, 7) is 1.70. The minimum absolute atomic E-state index is 0.0665. The average Bonchev–Trinajstić information content (AvgIpc) is 2.72. The molecule has 2 aliphatic heterocycles. The number of esters is 1. The lowest BCUT2D eigenvalue weighted by Gasteiger charge is -2.29. The second-order valence-corrected chi connectivity index (χ2v) is 8.33. The summed E-state index contributed by atoms with van der Waals surface area (Å²) in [6.07, 6.45) is -0.239. The van der Waals surface area contributed by atoms with E-state index in [1.165, 1.54) is 0 Å². The van der Waals surface area contributed by atoms with Crippen molar-refractivity contribution in [3.8, 4) is 0 Å². The van der Waals surface area contributed by atoms with Gasteiger partial charge in [-0.15, -0.1) is 0 Å². The molecule has 118 valence electrons. The summed E-state index contributed by atoms with van der Waals surface area (Å²) in [5.41, 5.74) is 0.448. The van der Waals surface area contributed by atoms with E-state index < -0.39 is 33.4 Å². The normalized spacial score (nSPS) is 29.5. The molecular weight excluding hydrogens is 306 g/mol. The van der Waals surface area contributed by atoms with Crippen molar-refractivity contribution >= 4 is 21.7 Å². The van der Waals surface area contributed by atoms with Crippen molar-refractivity contribution in [2.45, 2.75) is 31.4 Å². The number of carbonyl (C=O) groups excluding carboxylic acids is 2. The Hall–Kier alpha value is -1.89. The van der Waals surface area contributed by atoms with Crippen LogP contribution >= 0.6 is 0 Å². The van der Waals surface area contributed by atoms with Crippen LogP contribution in [-0.2, 0) is 25.8 Å². The molecule has 2 heterocycles. The van der Waals surface area contributed by atoms with Crippen molar-refractivity contribution < 1.29 is 22.7 Å². The number of carbonyl (C=O) groups is 2. The molecule has 3 rings (SSSR count). The molecule has 1 aromatic rings. The predicted octanol–water partition coefficient (Wildman–Crippen LogP) is 0.462. The van der Waals surface area contributed by atoms with E-state index in [0.29, 0.717) is 18.4 Å². The van der Waals surface area contributed by atoms with Crippen LogP contribution in [-0.4, -0.2) is 43.4 Å². The quantitative estimate of drug-likeness (QED) is 0.799. The highest BCUT2D eigenvalue weighted by Gasteiger charge is 2.41. The van der Waals surface area contributed by atoms with Gasteiger partial charge in [0.2, 0.25) is 0 Å².